The molecule has 0 amide bonds. The number of rotatable bonds is 4. The third-order valence-corrected chi connectivity index (χ3v) is 8.32. The fraction of sp³-hybridized carbons (Fsp3) is 0.400. The molecule has 3 aliphatic rings. The summed E-state index contributed by atoms with van der Waals surface area (Å²) in [6, 6.07) is 13.5. The lowest BCUT2D eigenvalue weighted by molar-refractivity contribution is -2.00. The van der Waals surface area contributed by atoms with Gasteiger partial charge in [0.05, 0.1) is 18.2 Å². The predicted molar refractivity (Wildman–Crippen MR) is 137 cm³/mol. The molecular weight excluding hydrogens is 538 g/mol. The molecule has 0 atom stereocenters. The summed E-state index contributed by atoms with van der Waals surface area (Å²) < 4.78 is 47.5. The quantitative estimate of drug-likeness (QED) is 0.446. The van der Waals surface area contributed by atoms with Crippen LogP contribution in [0.1, 0.15) is 10.4 Å². The van der Waals surface area contributed by atoms with Crippen molar-refractivity contribution in [1.82, 2.24) is 0 Å². The van der Waals surface area contributed by atoms with Crippen molar-refractivity contribution in [2.24, 2.45) is 0 Å². The van der Waals surface area contributed by atoms with Crippen molar-refractivity contribution < 1.29 is 42.9 Å². The van der Waals surface area contributed by atoms with E-state index in [-0.39, 0.29) is 0 Å². The first-order chi connectivity index (χ1) is 17.7. The van der Waals surface area contributed by atoms with Gasteiger partial charge in [-0.05, 0) is 47.7 Å². The summed E-state index contributed by atoms with van der Waals surface area (Å²) >= 11 is 3.78. The van der Waals surface area contributed by atoms with Crippen LogP contribution in [0.4, 0.5) is 10.7 Å². The van der Waals surface area contributed by atoms with Crippen molar-refractivity contribution >= 4 is 44.4 Å². The Morgan fingerprint density at radius 3 is 2.14 bits per heavy atom. The maximum atomic E-state index is 8.49. The van der Waals surface area contributed by atoms with Crippen molar-refractivity contribution in [1.29, 1.82) is 0 Å². The Balaban J connectivity index is 0.000000586. The molecule has 37 heavy (non-hydrogen) atoms. The van der Waals surface area contributed by atoms with Crippen LogP contribution in [0.2, 0.25) is 0 Å². The third kappa shape index (κ3) is 8.03. The van der Waals surface area contributed by atoms with Crippen molar-refractivity contribution in [3.63, 3.8) is 0 Å². The number of thioether (sulfide) groups is 1. The van der Waals surface area contributed by atoms with Gasteiger partial charge >= 0.3 is 0 Å². The number of benzene rings is 1. The van der Waals surface area contributed by atoms with Gasteiger partial charge in [-0.3, -0.25) is 0 Å². The van der Waals surface area contributed by atoms with Gasteiger partial charge in [-0.1, -0.05) is 12.1 Å². The predicted octanol–water partition coefficient (Wildman–Crippen LogP) is -0.602. The van der Waals surface area contributed by atoms with E-state index >= 15 is 0 Å². The molecule has 0 unspecified atom stereocenters. The van der Waals surface area contributed by atoms with E-state index in [0.717, 1.165) is 52.6 Å². The van der Waals surface area contributed by atoms with Crippen LogP contribution < -0.4 is 28.4 Å². The van der Waals surface area contributed by atoms with Gasteiger partial charge in [0.15, 0.2) is 13.1 Å². The van der Waals surface area contributed by atoms with E-state index < -0.39 is 10.2 Å². The average Bonchev–Trinajstić information content (AvgIpc) is 3.56. The first-order valence-corrected chi connectivity index (χ1v) is 14.7. The number of thiophene rings is 1. The van der Waals surface area contributed by atoms with Crippen molar-refractivity contribution in [3.05, 3.63) is 63.9 Å². The Morgan fingerprint density at radius 1 is 0.892 bits per heavy atom. The molecule has 1 aromatic heterocycles. The molecule has 5 rings (SSSR count). The summed E-state index contributed by atoms with van der Waals surface area (Å²) in [5.41, 5.74) is 3.80. The van der Waals surface area contributed by atoms with Crippen LogP contribution in [0.15, 0.2) is 53.5 Å². The van der Waals surface area contributed by atoms with Crippen LogP contribution in [0, 0.1) is 10.2 Å². The minimum Gasteiger partial charge on any atom is -0.378 e. The number of ether oxygens (including phenoxy) is 2. The molecule has 0 saturated carbocycles. The molecule has 0 aliphatic carbocycles. The minimum atomic E-state index is -4.94. The van der Waals surface area contributed by atoms with Crippen LogP contribution in [0.25, 0.3) is 5.57 Å². The molecule has 4 heterocycles. The second-order valence-electron chi connectivity index (χ2n) is 8.67. The molecule has 200 valence electrons. The van der Waals surface area contributed by atoms with Gasteiger partial charge < -0.3 is 19.3 Å². The maximum absolute atomic E-state index is 8.49. The molecule has 2 fully saturated rings. The van der Waals surface area contributed by atoms with Crippen molar-refractivity contribution in [2.45, 2.75) is 0 Å². The van der Waals surface area contributed by atoms with Crippen molar-refractivity contribution in [2.75, 3.05) is 76.5 Å². The Bertz CT molecular complexity index is 1140. The summed E-state index contributed by atoms with van der Waals surface area (Å²) in [5.74, 6) is 0. The Hall–Kier alpha value is -1.93. The zero-order chi connectivity index (χ0) is 26.4. The summed E-state index contributed by atoms with van der Waals surface area (Å²) in [4.78, 5) is 7.23. The summed E-state index contributed by atoms with van der Waals surface area (Å²) in [6.07, 6.45) is 4.56. The monoisotopic (exact) mass is 567 g/mol. The van der Waals surface area contributed by atoms with Gasteiger partial charge in [-0.15, -0.1) is 21.6 Å². The first kappa shape index (κ1) is 28.1. The molecule has 2 aromatic rings. The van der Waals surface area contributed by atoms with Crippen molar-refractivity contribution in [3.8, 4) is 0 Å². The Labute approximate surface area is 227 Å². The number of morpholine rings is 2. The van der Waals surface area contributed by atoms with Gasteiger partial charge in [-0.2, -0.15) is 0 Å². The molecule has 2 saturated heterocycles. The molecule has 0 spiro atoms. The molecule has 1 aromatic carbocycles. The largest absolute Gasteiger partial charge is 0.378 e. The highest BCUT2D eigenvalue weighted by molar-refractivity contribution is 8.18. The number of hydrogen-bond acceptors (Lipinski definition) is 10. The highest BCUT2D eigenvalue weighted by Crippen LogP contribution is 2.42. The number of nitrogens with zero attached hydrogens (tertiary/aromatic N) is 3. The molecule has 12 heteroatoms. The lowest BCUT2D eigenvalue weighted by atomic mass is 10.0. The van der Waals surface area contributed by atoms with Crippen LogP contribution in [0.3, 0.4) is 0 Å². The van der Waals surface area contributed by atoms with E-state index in [1.807, 2.05) is 23.1 Å². The molecular formula is C25H30ClN3O6S2. The summed E-state index contributed by atoms with van der Waals surface area (Å²) in [5, 5.41) is 2.66. The number of allylic oxidation sites excluding steroid dienone is 1. The lowest BCUT2D eigenvalue weighted by Gasteiger charge is -2.27. The van der Waals surface area contributed by atoms with Gasteiger partial charge in [0.2, 0.25) is 5.04 Å². The zero-order valence-corrected chi connectivity index (χ0v) is 23.2. The van der Waals surface area contributed by atoms with Crippen LogP contribution >= 0.6 is 23.1 Å². The smallest absolute Gasteiger partial charge is 0.239 e. The van der Waals surface area contributed by atoms with Gasteiger partial charge in [-0.25, -0.2) is 23.2 Å². The fourth-order valence-corrected chi connectivity index (χ4v) is 6.51. The highest BCUT2D eigenvalue weighted by atomic mass is 35.7. The van der Waals surface area contributed by atoms with E-state index in [1.165, 1.54) is 36.7 Å². The van der Waals surface area contributed by atoms with Gasteiger partial charge in [0, 0.05) is 54.3 Å². The Morgan fingerprint density at radius 2 is 1.51 bits per heavy atom. The molecule has 3 aliphatic heterocycles. The van der Waals surface area contributed by atoms with Crippen LogP contribution in [-0.4, -0.2) is 76.3 Å². The zero-order valence-electron chi connectivity index (χ0n) is 20.8. The second kappa shape index (κ2) is 12.7. The van der Waals surface area contributed by atoms with Crippen LogP contribution in [-0.2, 0) is 9.47 Å². The van der Waals surface area contributed by atoms with Gasteiger partial charge in [0.1, 0.15) is 13.2 Å². The average molecular weight is 568 g/mol. The standard InChI is InChI=1S/C25H30N3O2S2.ClHO4/c1-26(2)20-5-3-19(4-6-20)25(21-7-9-23(31-21)27-11-15-29-16-12-27)22-8-10-24(32-22)28-13-17-30-18-14-28;2-1(3,4)5/h3-10H,11-18H2,1-2H3;(H,2,3,4,5)/q+1;/p-1. The second-order valence-corrected chi connectivity index (χ2v) is 11.5. The summed E-state index contributed by atoms with van der Waals surface area (Å²) in [7, 11) is -0.775. The minimum absolute atomic E-state index is 0.809. The fourth-order valence-electron chi connectivity index (χ4n) is 4.16. The third-order valence-electron chi connectivity index (χ3n) is 5.99. The van der Waals surface area contributed by atoms with E-state index in [1.54, 1.807) is 0 Å². The molecule has 0 bridgehead atoms. The van der Waals surface area contributed by atoms with E-state index in [9.17, 15) is 0 Å². The van der Waals surface area contributed by atoms with Gasteiger partial charge in [0.25, 0.3) is 0 Å². The number of halogens is 1. The van der Waals surface area contributed by atoms with E-state index in [0.29, 0.717) is 0 Å². The summed E-state index contributed by atoms with van der Waals surface area (Å²) in [6.45, 7) is 7.10. The number of anilines is 2. The molecule has 9 nitrogen and oxygen atoms in total. The Kier molecular flexibility index (Phi) is 9.67. The highest BCUT2D eigenvalue weighted by Gasteiger charge is 2.25. The lowest BCUT2D eigenvalue weighted by Crippen LogP contribution is -2.68. The molecule has 0 N–H and O–H groups in total. The van der Waals surface area contributed by atoms with Crippen LogP contribution in [0.5, 0.6) is 0 Å². The van der Waals surface area contributed by atoms with E-state index in [4.69, 9.17) is 28.1 Å². The topological polar surface area (TPSA) is 120 Å². The van der Waals surface area contributed by atoms with E-state index in [2.05, 4.69) is 77.0 Å². The molecule has 0 radical (unpaired) electrons. The number of hydrogen-bond donors (Lipinski definition) is 0. The normalized spacial score (nSPS) is 19.6. The maximum Gasteiger partial charge on any atom is 0.239 e. The SMILES string of the molecule is CN(C)c1ccc(C(=C2C=CC(=[N+]3CCOCC3)S2)c2ccc(N3CCOCC3)s2)cc1.[O-][Cl+3]([O-])([O-])[O-]. The first-order valence-electron chi connectivity index (χ1n) is 11.8.